The van der Waals surface area contributed by atoms with Crippen molar-refractivity contribution in [1.29, 1.82) is 0 Å². The van der Waals surface area contributed by atoms with Gasteiger partial charge in [0.2, 0.25) is 0 Å². The van der Waals surface area contributed by atoms with E-state index in [1.54, 1.807) is 43.8 Å². The summed E-state index contributed by atoms with van der Waals surface area (Å²) in [7, 11) is 1.67. The Hall–Kier alpha value is -3.16. The van der Waals surface area contributed by atoms with E-state index in [4.69, 9.17) is 4.74 Å². The maximum absolute atomic E-state index is 12.1. The van der Waals surface area contributed by atoms with Gasteiger partial charge in [-0.3, -0.25) is 19.7 Å². The van der Waals surface area contributed by atoms with Crippen LogP contribution in [0.25, 0.3) is 0 Å². The summed E-state index contributed by atoms with van der Waals surface area (Å²) in [5.41, 5.74) is 1.87. The van der Waals surface area contributed by atoms with E-state index in [9.17, 15) is 19.2 Å². The van der Waals surface area contributed by atoms with Crippen LogP contribution in [0.4, 0.5) is 0 Å². The summed E-state index contributed by atoms with van der Waals surface area (Å²) >= 11 is 0. The van der Waals surface area contributed by atoms with Crippen LogP contribution in [0.15, 0.2) is 18.3 Å². The Morgan fingerprint density at radius 3 is 2.44 bits per heavy atom. The monoisotopic (exact) mass is 345 g/mol. The fourth-order valence-electron chi connectivity index (χ4n) is 2.61. The average Bonchev–Trinajstić information content (AvgIpc) is 3.08. The molecule has 0 atom stereocenters. The molecule has 2 aromatic rings. The van der Waals surface area contributed by atoms with Gasteiger partial charge >= 0.3 is 5.97 Å². The molecule has 8 nitrogen and oxygen atoms in total. The quantitative estimate of drug-likeness (QED) is 0.627. The fraction of sp³-hybridized carbons (Fsp3) is 0.294. The zero-order valence-electron chi connectivity index (χ0n) is 14.4. The lowest BCUT2D eigenvalue weighted by Gasteiger charge is -2.06. The number of aryl methyl sites for hydroxylation is 2. The summed E-state index contributed by atoms with van der Waals surface area (Å²) in [5, 5.41) is 2.14. The molecule has 25 heavy (non-hydrogen) atoms. The van der Waals surface area contributed by atoms with Gasteiger partial charge in [0.05, 0.1) is 0 Å². The lowest BCUT2D eigenvalue weighted by atomic mass is 10.1. The van der Waals surface area contributed by atoms with Gasteiger partial charge in [0.25, 0.3) is 11.8 Å². The zero-order valence-corrected chi connectivity index (χ0v) is 14.4. The van der Waals surface area contributed by atoms with Crippen molar-refractivity contribution in [3.63, 3.8) is 0 Å². The number of amides is 2. The predicted octanol–water partition coefficient (Wildman–Crippen LogP) is 1.29. The molecule has 132 valence electrons. The molecule has 0 aliphatic rings. The normalized spacial score (nSPS) is 10.4. The molecule has 0 unspecified atom stereocenters. The topological polar surface area (TPSA) is 110 Å². The third-order valence-corrected chi connectivity index (χ3v) is 3.76. The second-order valence-electron chi connectivity index (χ2n) is 5.64. The van der Waals surface area contributed by atoms with Gasteiger partial charge in [0, 0.05) is 24.5 Å². The van der Waals surface area contributed by atoms with Crippen molar-refractivity contribution < 1.29 is 23.9 Å². The van der Waals surface area contributed by atoms with E-state index in [2.05, 4.69) is 10.3 Å². The number of H-pyrrole nitrogens is 1. The summed E-state index contributed by atoms with van der Waals surface area (Å²) < 4.78 is 6.47. The van der Waals surface area contributed by atoms with Crippen molar-refractivity contribution in [1.82, 2.24) is 14.9 Å². The summed E-state index contributed by atoms with van der Waals surface area (Å²) in [4.78, 5) is 50.1. The molecule has 2 aromatic heterocycles. The SMILES string of the molecule is CC(=O)c1c(C)[nH]c(C(=O)OCC(=O)NC(=O)c2cccn2C)c1C. The van der Waals surface area contributed by atoms with Crippen molar-refractivity contribution >= 4 is 23.6 Å². The van der Waals surface area contributed by atoms with E-state index in [0.717, 1.165) is 0 Å². The minimum atomic E-state index is -0.769. The van der Waals surface area contributed by atoms with Crippen LogP contribution in [0.3, 0.4) is 0 Å². The van der Waals surface area contributed by atoms with Gasteiger partial charge in [0.1, 0.15) is 11.4 Å². The molecule has 0 saturated carbocycles. The highest BCUT2D eigenvalue weighted by Crippen LogP contribution is 2.19. The highest BCUT2D eigenvalue weighted by molar-refractivity contribution is 6.05. The first-order chi connectivity index (χ1) is 11.7. The van der Waals surface area contributed by atoms with Gasteiger partial charge in [-0.05, 0) is 38.5 Å². The van der Waals surface area contributed by atoms with Gasteiger partial charge in [-0.15, -0.1) is 0 Å². The van der Waals surface area contributed by atoms with E-state index in [-0.39, 0.29) is 11.5 Å². The number of carbonyl (C=O) groups excluding carboxylic acids is 4. The van der Waals surface area contributed by atoms with Gasteiger partial charge in [-0.2, -0.15) is 0 Å². The smallest absolute Gasteiger partial charge is 0.355 e. The number of hydrogen-bond donors (Lipinski definition) is 2. The Bertz CT molecular complexity index is 860. The second kappa shape index (κ2) is 7.16. The summed E-state index contributed by atoms with van der Waals surface area (Å²) in [6.07, 6.45) is 1.67. The first-order valence-corrected chi connectivity index (χ1v) is 7.55. The number of nitrogens with one attached hydrogen (secondary N) is 2. The van der Waals surface area contributed by atoms with E-state index in [0.29, 0.717) is 22.5 Å². The molecular weight excluding hydrogens is 326 g/mol. The Labute approximate surface area is 144 Å². The second-order valence-corrected chi connectivity index (χ2v) is 5.64. The maximum atomic E-state index is 12.1. The van der Waals surface area contributed by atoms with Crippen LogP contribution in [0.2, 0.25) is 0 Å². The molecule has 0 bridgehead atoms. The van der Waals surface area contributed by atoms with E-state index in [1.165, 1.54) is 6.92 Å². The van der Waals surface area contributed by atoms with E-state index < -0.39 is 24.4 Å². The fourth-order valence-corrected chi connectivity index (χ4v) is 2.61. The molecule has 2 rings (SSSR count). The minimum Gasteiger partial charge on any atom is -0.451 e. The van der Waals surface area contributed by atoms with Crippen molar-refractivity contribution in [3.8, 4) is 0 Å². The first kappa shape index (κ1) is 18.2. The number of aromatic amines is 1. The molecule has 0 aliphatic carbocycles. The standard InChI is InChI=1S/C17H19N3O5/c1-9-14(11(3)21)10(2)18-15(9)17(24)25-8-13(22)19-16(23)12-6-5-7-20(12)4/h5-7,18H,8H2,1-4H3,(H,19,22,23). The Morgan fingerprint density at radius 1 is 1.24 bits per heavy atom. The largest absolute Gasteiger partial charge is 0.451 e. The van der Waals surface area contributed by atoms with Crippen LogP contribution in [-0.2, 0) is 16.6 Å². The highest BCUT2D eigenvalue weighted by atomic mass is 16.5. The van der Waals surface area contributed by atoms with Crippen LogP contribution < -0.4 is 5.32 Å². The Kier molecular flexibility index (Phi) is 5.21. The molecule has 0 aliphatic heterocycles. The number of ketones is 1. The number of esters is 1. The van der Waals surface area contributed by atoms with Crippen LogP contribution >= 0.6 is 0 Å². The first-order valence-electron chi connectivity index (χ1n) is 7.55. The molecule has 2 heterocycles. The van der Waals surface area contributed by atoms with Crippen molar-refractivity contribution in [2.75, 3.05) is 6.61 Å². The third kappa shape index (κ3) is 3.85. The summed E-state index contributed by atoms with van der Waals surface area (Å²) in [6.45, 7) is 4.09. The molecule has 0 fully saturated rings. The van der Waals surface area contributed by atoms with Crippen LogP contribution in [-0.4, -0.2) is 39.7 Å². The molecule has 2 N–H and O–H groups in total. The molecule has 0 aromatic carbocycles. The molecule has 0 saturated heterocycles. The van der Waals surface area contributed by atoms with E-state index in [1.807, 2.05) is 0 Å². The molecule has 2 amide bonds. The highest BCUT2D eigenvalue weighted by Gasteiger charge is 2.22. The predicted molar refractivity (Wildman–Crippen MR) is 88.4 cm³/mol. The van der Waals surface area contributed by atoms with E-state index >= 15 is 0 Å². The van der Waals surface area contributed by atoms with Crippen LogP contribution in [0.1, 0.15) is 49.5 Å². The number of Topliss-reactive ketones (excluding diaryl/α,β-unsaturated/α-hetero) is 1. The van der Waals surface area contributed by atoms with Gasteiger partial charge in [-0.1, -0.05) is 0 Å². The van der Waals surface area contributed by atoms with Crippen LogP contribution in [0.5, 0.6) is 0 Å². The number of aromatic nitrogens is 2. The third-order valence-electron chi connectivity index (χ3n) is 3.76. The molecule has 0 spiro atoms. The van der Waals surface area contributed by atoms with Gasteiger partial charge in [0.15, 0.2) is 12.4 Å². The lowest BCUT2D eigenvalue weighted by molar-refractivity contribution is -0.123. The number of imide groups is 1. The Balaban J connectivity index is 1.97. The molecular formula is C17H19N3O5. The number of nitrogens with zero attached hydrogens (tertiary/aromatic N) is 1. The number of ether oxygens (including phenoxy) is 1. The van der Waals surface area contributed by atoms with Gasteiger partial charge < -0.3 is 14.3 Å². The van der Waals surface area contributed by atoms with Crippen molar-refractivity contribution in [2.24, 2.45) is 7.05 Å². The van der Waals surface area contributed by atoms with Gasteiger partial charge in [-0.25, -0.2) is 4.79 Å². The summed E-state index contributed by atoms with van der Waals surface area (Å²) in [6, 6.07) is 3.23. The average molecular weight is 345 g/mol. The van der Waals surface area contributed by atoms with Crippen molar-refractivity contribution in [3.05, 3.63) is 46.5 Å². The maximum Gasteiger partial charge on any atom is 0.355 e. The minimum absolute atomic E-state index is 0.115. The lowest BCUT2D eigenvalue weighted by Crippen LogP contribution is -2.35. The molecule has 0 radical (unpaired) electrons. The number of carbonyl (C=O) groups is 4. The molecule has 8 heteroatoms. The Morgan fingerprint density at radius 2 is 1.92 bits per heavy atom. The number of hydrogen-bond acceptors (Lipinski definition) is 5. The summed E-state index contributed by atoms with van der Waals surface area (Å²) in [5.74, 6) is -2.27. The van der Waals surface area contributed by atoms with Crippen molar-refractivity contribution in [2.45, 2.75) is 20.8 Å². The zero-order chi connectivity index (χ0) is 18.7. The number of rotatable bonds is 5. The van der Waals surface area contributed by atoms with Crippen LogP contribution in [0, 0.1) is 13.8 Å².